The van der Waals surface area contributed by atoms with Gasteiger partial charge in [0.05, 0.1) is 25.2 Å². The first kappa shape index (κ1) is 25.4. The van der Waals surface area contributed by atoms with Gasteiger partial charge in [0.1, 0.15) is 6.10 Å². The summed E-state index contributed by atoms with van der Waals surface area (Å²) >= 11 is 0. The minimum Gasteiger partial charge on any atom is -0.378 e. The van der Waals surface area contributed by atoms with Gasteiger partial charge in [-0.1, -0.05) is 0 Å². The van der Waals surface area contributed by atoms with Gasteiger partial charge in [0.2, 0.25) is 0 Å². The molecule has 0 aromatic carbocycles. The molecule has 2 fully saturated rings. The molecule has 0 spiro atoms. The first-order valence-electron chi connectivity index (χ1n) is 8.90. The largest absolute Gasteiger partial charge is 0.429 e. The Balaban J connectivity index is 2.30. The molecule has 0 bridgehead atoms. The lowest BCUT2D eigenvalue weighted by atomic mass is 9.82. The zero-order chi connectivity index (χ0) is 23.2. The van der Waals surface area contributed by atoms with E-state index in [1.165, 1.54) is 0 Å². The molecule has 0 radical (unpaired) electrons. The Labute approximate surface area is 164 Å². The summed E-state index contributed by atoms with van der Waals surface area (Å²) in [4.78, 5) is 0.566. The molecule has 0 aromatic rings. The predicted octanol–water partition coefficient (Wildman–Crippen LogP) is 4.61. The van der Waals surface area contributed by atoms with Gasteiger partial charge in [-0.15, -0.1) is 0 Å². The molecule has 2 saturated heterocycles. The smallest absolute Gasteiger partial charge is 0.378 e. The summed E-state index contributed by atoms with van der Waals surface area (Å²) < 4.78 is 159. The average molecular weight is 467 g/mol. The quantitative estimate of drug-likeness (QED) is 0.436. The topological polar surface area (TPSA) is 21.7 Å². The Morgan fingerprint density at radius 2 is 1.43 bits per heavy atom. The van der Waals surface area contributed by atoms with Gasteiger partial charge < -0.3 is 9.47 Å². The molecule has 2 aliphatic heterocycles. The number of likely N-dealkylation sites (tertiary alicyclic amines) is 1. The van der Waals surface area contributed by atoms with E-state index in [-0.39, 0.29) is 13.1 Å². The Morgan fingerprint density at radius 1 is 0.900 bits per heavy atom. The number of nitrogens with zero attached hydrogens (tertiary/aromatic N) is 1. The van der Waals surface area contributed by atoms with Crippen LogP contribution in [0.5, 0.6) is 0 Å². The lowest BCUT2D eigenvalue weighted by molar-refractivity contribution is -0.308. The van der Waals surface area contributed by atoms with Crippen molar-refractivity contribution < 1.29 is 57.8 Å². The third kappa shape index (κ3) is 4.36. The van der Waals surface area contributed by atoms with E-state index in [9.17, 15) is 43.9 Å². The molecular weight excluding hydrogens is 447 g/mol. The molecule has 0 amide bonds. The number of hydrogen-bond donors (Lipinski definition) is 0. The number of rotatable bonds is 5. The van der Waals surface area contributed by atoms with Gasteiger partial charge in [-0.25, -0.2) is 22.0 Å². The fourth-order valence-electron chi connectivity index (χ4n) is 3.42. The lowest BCUT2D eigenvalue weighted by Gasteiger charge is -2.40. The van der Waals surface area contributed by atoms with Crippen LogP contribution in [0, 0.1) is 5.41 Å². The normalized spacial score (nSPS) is 31.8. The fourth-order valence-corrected chi connectivity index (χ4v) is 3.42. The first-order valence-corrected chi connectivity index (χ1v) is 8.90. The lowest BCUT2D eigenvalue weighted by Crippen LogP contribution is -2.64. The second-order valence-electron chi connectivity index (χ2n) is 7.75. The Bertz CT molecular complexity index is 593. The zero-order valence-electron chi connectivity index (χ0n) is 15.6. The van der Waals surface area contributed by atoms with Crippen LogP contribution in [0.2, 0.25) is 0 Å². The van der Waals surface area contributed by atoms with E-state index >= 15 is 4.39 Å². The minimum atomic E-state index is -5.98. The number of ether oxygens (including phenoxy) is 2. The van der Waals surface area contributed by atoms with Crippen LogP contribution >= 0.6 is 0 Å². The molecule has 30 heavy (non-hydrogen) atoms. The molecule has 178 valence electrons. The van der Waals surface area contributed by atoms with Crippen molar-refractivity contribution in [3.05, 3.63) is 0 Å². The highest BCUT2D eigenvalue weighted by Crippen LogP contribution is 2.50. The number of hydrogen-bond acceptors (Lipinski definition) is 3. The second kappa shape index (κ2) is 8.23. The van der Waals surface area contributed by atoms with Gasteiger partial charge in [-0.2, -0.15) is 26.3 Å². The predicted molar refractivity (Wildman–Crippen MR) is 80.2 cm³/mol. The van der Waals surface area contributed by atoms with Crippen molar-refractivity contribution in [2.24, 2.45) is 5.41 Å². The molecular formula is C16H20F11NO2. The molecule has 0 aromatic heterocycles. The van der Waals surface area contributed by atoms with Crippen molar-refractivity contribution in [1.82, 2.24) is 4.90 Å². The van der Waals surface area contributed by atoms with E-state index in [2.05, 4.69) is 9.47 Å². The third-order valence-corrected chi connectivity index (χ3v) is 5.41. The number of alkyl halides is 11. The van der Waals surface area contributed by atoms with Crippen molar-refractivity contribution >= 4 is 0 Å². The molecule has 5 unspecified atom stereocenters. The Morgan fingerprint density at radius 3 is 1.90 bits per heavy atom. The monoisotopic (exact) mass is 467 g/mol. The molecule has 0 saturated carbocycles. The molecule has 3 nitrogen and oxygen atoms in total. The maximum atomic E-state index is 15.1. The molecule has 0 N–H and O–H groups in total. The Kier molecular flexibility index (Phi) is 6.96. The van der Waals surface area contributed by atoms with Gasteiger partial charge in [-0.05, 0) is 19.8 Å². The summed E-state index contributed by atoms with van der Waals surface area (Å²) in [7, 11) is 0. The van der Waals surface area contributed by atoms with Crippen molar-refractivity contribution in [2.45, 2.75) is 62.3 Å². The Hall–Kier alpha value is -0.890. The summed E-state index contributed by atoms with van der Waals surface area (Å²) in [5, 5.41) is 0. The van der Waals surface area contributed by atoms with Crippen molar-refractivity contribution in [1.29, 1.82) is 0 Å². The van der Waals surface area contributed by atoms with Crippen molar-refractivity contribution in [2.75, 3.05) is 32.9 Å². The second-order valence-corrected chi connectivity index (χ2v) is 7.75. The molecule has 2 rings (SSSR count). The highest BCUT2D eigenvalue weighted by Gasteiger charge is 2.71. The standard InChI is InChI=1S/C16H20F11NO2/c1-12(14(20,21)10(17)15(22,23)24)7-29-6-9(30-8-12)13(19,16(25,26)27)11(18)28-4-2-3-5-28/h9-11H,2-8H2,1H3. The molecule has 2 heterocycles. The fraction of sp³-hybridized carbons (Fsp3) is 1.00. The van der Waals surface area contributed by atoms with Crippen LogP contribution in [0.25, 0.3) is 0 Å². The van der Waals surface area contributed by atoms with E-state index in [1.807, 2.05) is 0 Å². The van der Waals surface area contributed by atoms with E-state index < -0.39 is 67.8 Å². The van der Waals surface area contributed by atoms with Crippen LogP contribution in [-0.2, 0) is 9.47 Å². The van der Waals surface area contributed by atoms with Gasteiger partial charge in [0, 0.05) is 13.1 Å². The molecule has 2 aliphatic rings. The SMILES string of the molecule is CC1(C(F)(F)C(F)C(F)(F)F)COCC(C(F)(C(F)N2CCCC2)C(F)(F)F)OC1. The molecule has 5 atom stereocenters. The van der Waals surface area contributed by atoms with Gasteiger partial charge in [-0.3, -0.25) is 4.90 Å². The van der Waals surface area contributed by atoms with Gasteiger partial charge >= 0.3 is 12.4 Å². The van der Waals surface area contributed by atoms with E-state index in [4.69, 9.17) is 0 Å². The van der Waals surface area contributed by atoms with Crippen LogP contribution < -0.4 is 0 Å². The highest BCUT2D eigenvalue weighted by molar-refractivity contribution is 5.04. The summed E-state index contributed by atoms with van der Waals surface area (Å²) in [6.45, 7) is -4.37. The van der Waals surface area contributed by atoms with Crippen LogP contribution in [0.1, 0.15) is 19.8 Å². The van der Waals surface area contributed by atoms with Gasteiger partial charge in [0.25, 0.3) is 17.8 Å². The van der Waals surface area contributed by atoms with E-state index in [0.717, 1.165) is 0 Å². The van der Waals surface area contributed by atoms with Crippen LogP contribution in [0.3, 0.4) is 0 Å². The van der Waals surface area contributed by atoms with Crippen LogP contribution in [0.15, 0.2) is 0 Å². The first-order chi connectivity index (χ1) is 13.5. The zero-order valence-corrected chi connectivity index (χ0v) is 15.6. The summed E-state index contributed by atoms with van der Waals surface area (Å²) in [5.74, 6) is -5.18. The molecule has 14 heteroatoms. The van der Waals surface area contributed by atoms with Gasteiger partial charge in [0.15, 0.2) is 6.30 Å². The highest BCUT2D eigenvalue weighted by atomic mass is 19.4. The van der Waals surface area contributed by atoms with Crippen molar-refractivity contribution in [3.8, 4) is 0 Å². The van der Waals surface area contributed by atoms with Crippen molar-refractivity contribution in [3.63, 3.8) is 0 Å². The van der Waals surface area contributed by atoms with Crippen LogP contribution in [0.4, 0.5) is 48.3 Å². The minimum absolute atomic E-state index is 0.193. The maximum Gasteiger partial charge on any atom is 0.429 e. The third-order valence-electron chi connectivity index (χ3n) is 5.41. The van der Waals surface area contributed by atoms with E-state index in [1.54, 1.807) is 0 Å². The summed E-state index contributed by atoms with van der Waals surface area (Å²) in [6.07, 6.45) is -22.0. The number of halogens is 11. The summed E-state index contributed by atoms with van der Waals surface area (Å²) in [6, 6.07) is 0. The van der Waals surface area contributed by atoms with E-state index in [0.29, 0.717) is 24.7 Å². The summed E-state index contributed by atoms with van der Waals surface area (Å²) in [5.41, 5.74) is -7.81. The molecule has 0 aliphatic carbocycles. The average Bonchev–Trinajstić information content (AvgIpc) is 3.07. The maximum absolute atomic E-state index is 15.1. The van der Waals surface area contributed by atoms with Crippen LogP contribution in [-0.4, -0.2) is 80.3 Å².